The SMILES string of the molecule is CNC(=O)[C@@H](CCCc1ccccc1)C1NCC2CN(C(=O)Cc3ccccc3)CC(C(N)=O)C21. The number of piperidine rings is 1. The van der Waals surface area contributed by atoms with Gasteiger partial charge in [0.15, 0.2) is 0 Å². The number of hydrogen-bond donors (Lipinski definition) is 3. The third kappa shape index (κ3) is 5.90. The van der Waals surface area contributed by atoms with Crippen LogP contribution in [0.4, 0.5) is 0 Å². The average molecular weight is 477 g/mol. The second-order valence-electron chi connectivity index (χ2n) is 9.84. The number of hydrogen-bond acceptors (Lipinski definition) is 4. The lowest BCUT2D eigenvalue weighted by molar-refractivity contribution is -0.139. The minimum atomic E-state index is -0.477. The molecule has 2 heterocycles. The van der Waals surface area contributed by atoms with Crippen LogP contribution in [0, 0.1) is 23.7 Å². The van der Waals surface area contributed by atoms with Crippen molar-refractivity contribution in [2.45, 2.75) is 31.7 Å². The van der Waals surface area contributed by atoms with Gasteiger partial charge in [0.2, 0.25) is 17.7 Å². The van der Waals surface area contributed by atoms with E-state index in [2.05, 4.69) is 22.8 Å². The van der Waals surface area contributed by atoms with Gasteiger partial charge in [-0.15, -0.1) is 0 Å². The highest BCUT2D eigenvalue weighted by Gasteiger charge is 2.51. The van der Waals surface area contributed by atoms with Gasteiger partial charge in [0, 0.05) is 32.7 Å². The summed E-state index contributed by atoms with van der Waals surface area (Å²) in [4.78, 5) is 40.4. The lowest BCUT2D eigenvalue weighted by Gasteiger charge is -2.42. The molecule has 4 N–H and O–H groups in total. The summed E-state index contributed by atoms with van der Waals surface area (Å²) in [7, 11) is 1.66. The van der Waals surface area contributed by atoms with Crippen LogP contribution in [0.3, 0.4) is 0 Å². The van der Waals surface area contributed by atoms with Gasteiger partial charge in [-0.1, -0.05) is 60.7 Å². The number of amides is 3. The van der Waals surface area contributed by atoms with E-state index in [1.54, 1.807) is 11.9 Å². The largest absolute Gasteiger partial charge is 0.369 e. The third-order valence-corrected chi connectivity index (χ3v) is 7.67. The van der Waals surface area contributed by atoms with Crippen molar-refractivity contribution in [3.63, 3.8) is 0 Å². The van der Waals surface area contributed by atoms with E-state index in [-0.39, 0.29) is 35.6 Å². The molecule has 0 radical (unpaired) electrons. The highest BCUT2D eigenvalue weighted by Crippen LogP contribution is 2.39. The molecule has 4 rings (SSSR count). The zero-order chi connectivity index (χ0) is 24.8. The molecule has 2 fully saturated rings. The van der Waals surface area contributed by atoms with Crippen LogP contribution in [-0.2, 0) is 27.2 Å². The van der Waals surface area contributed by atoms with Crippen molar-refractivity contribution < 1.29 is 14.4 Å². The Kier molecular flexibility index (Phi) is 8.18. The zero-order valence-corrected chi connectivity index (χ0v) is 20.4. The molecule has 0 spiro atoms. The number of fused-ring (bicyclic) bond motifs is 1. The van der Waals surface area contributed by atoms with Crippen LogP contribution in [0.5, 0.6) is 0 Å². The molecule has 0 aliphatic carbocycles. The molecule has 35 heavy (non-hydrogen) atoms. The van der Waals surface area contributed by atoms with Gasteiger partial charge in [-0.3, -0.25) is 14.4 Å². The Hall–Kier alpha value is -3.19. The van der Waals surface area contributed by atoms with E-state index >= 15 is 0 Å². The topological polar surface area (TPSA) is 105 Å². The summed E-state index contributed by atoms with van der Waals surface area (Å²) < 4.78 is 0. The maximum atomic E-state index is 13.1. The number of primary amides is 1. The normalized spacial score (nSPS) is 24.4. The summed E-state index contributed by atoms with van der Waals surface area (Å²) in [6.45, 7) is 1.55. The number of likely N-dealkylation sites (tertiary alicyclic amines) is 1. The fourth-order valence-corrected chi connectivity index (χ4v) is 5.94. The summed E-state index contributed by atoms with van der Waals surface area (Å²) in [5.41, 5.74) is 8.09. The first-order chi connectivity index (χ1) is 17.0. The molecule has 2 aromatic carbocycles. The van der Waals surface area contributed by atoms with Gasteiger partial charge in [0.25, 0.3) is 0 Å². The van der Waals surface area contributed by atoms with E-state index in [1.165, 1.54) is 5.56 Å². The van der Waals surface area contributed by atoms with Gasteiger partial charge < -0.3 is 21.3 Å². The molecule has 0 saturated carbocycles. The number of aryl methyl sites for hydroxylation is 1. The highest BCUT2D eigenvalue weighted by atomic mass is 16.2. The Labute approximate surface area is 207 Å². The van der Waals surface area contributed by atoms with Crippen LogP contribution in [0.25, 0.3) is 0 Å². The maximum Gasteiger partial charge on any atom is 0.227 e. The first kappa shape index (κ1) is 24.9. The molecule has 2 aromatic rings. The van der Waals surface area contributed by atoms with Crippen molar-refractivity contribution in [2.24, 2.45) is 29.4 Å². The Morgan fingerprint density at radius 2 is 1.69 bits per heavy atom. The Morgan fingerprint density at radius 1 is 1.03 bits per heavy atom. The van der Waals surface area contributed by atoms with Crippen molar-refractivity contribution in [3.8, 4) is 0 Å². The van der Waals surface area contributed by atoms with Gasteiger partial charge in [0.1, 0.15) is 0 Å². The molecule has 186 valence electrons. The summed E-state index contributed by atoms with van der Waals surface area (Å²) in [6.07, 6.45) is 2.80. The van der Waals surface area contributed by atoms with Crippen LogP contribution in [0.2, 0.25) is 0 Å². The number of carbonyl (C=O) groups excluding carboxylic acids is 3. The van der Waals surface area contributed by atoms with Crippen LogP contribution >= 0.6 is 0 Å². The van der Waals surface area contributed by atoms with E-state index in [1.807, 2.05) is 48.5 Å². The first-order valence-electron chi connectivity index (χ1n) is 12.6. The number of nitrogens with zero attached hydrogens (tertiary/aromatic N) is 1. The predicted molar refractivity (Wildman–Crippen MR) is 135 cm³/mol. The zero-order valence-electron chi connectivity index (χ0n) is 20.4. The third-order valence-electron chi connectivity index (χ3n) is 7.67. The molecule has 0 bridgehead atoms. The highest BCUT2D eigenvalue weighted by molar-refractivity contribution is 5.83. The lowest BCUT2D eigenvalue weighted by Crippen LogP contribution is -2.56. The molecule has 2 aliphatic rings. The Balaban J connectivity index is 1.46. The van der Waals surface area contributed by atoms with Crippen molar-refractivity contribution in [1.82, 2.24) is 15.5 Å². The first-order valence-corrected chi connectivity index (χ1v) is 12.6. The second kappa shape index (κ2) is 11.5. The quantitative estimate of drug-likeness (QED) is 0.513. The van der Waals surface area contributed by atoms with E-state index in [0.29, 0.717) is 26.1 Å². The maximum absolute atomic E-state index is 13.1. The number of rotatable bonds is 9. The minimum Gasteiger partial charge on any atom is -0.369 e. The average Bonchev–Trinajstić information content (AvgIpc) is 3.30. The molecule has 7 nitrogen and oxygen atoms in total. The summed E-state index contributed by atoms with van der Waals surface area (Å²) in [6, 6.07) is 19.8. The van der Waals surface area contributed by atoms with Gasteiger partial charge in [0.05, 0.1) is 18.3 Å². The smallest absolute Gasteiger partial charge is 0.227 e. The molecular weight excluding hydrogens is 440 g/mol. The number of benzene rings is 2. The summed E-state index contributed by atoms with van der Waals surface area (Å²) >= 11 is 0. The van der Waals surface area contributed by atoms with Gasteiger partial charge in [-0.2, -0.15) is 0 Å². The summed E-state index contributed by atoms with van der Waals surface area (Å²) in [5.74, 6) is -1.11. The Morgan fingerprint density at radius 3 is 2.31 bits per heavy atom. The standard InChI is InChI=1S/C28H36N4O3/c1-30-28(35)22(14-8-13-19-9-4-2-5-10-19)26-25-21(16-31-26)17-32(18-23(25)27(29)34)24(33)15-20-11-6-3-7-12-20/h2-7,9-12,21-23,25-26,31H,8,13-18H2,1H3,(H2,29,34)(H,30,35)/t21?,22-,23?,25?,26?/m0/s1. The van der Waals surface area contributed by atoms with Crippen molar-refractivity contribution >= 4 is 17.7 Å². The molecule has 3 amide bonds. The van der Waals surface area contributed by atoms with Gasteiger partial charge in [-0.05, 0) is 42.2 Å². The monoisotopic (exact) mass is 476 g/mol. The fraction of sp³-hybridized carbons (Fsp3) is 0.464. The van der Waals surface area contributed by atoms with Crippen LogP contribution < -0.4 is 16.4 Å². The number of nitrogens with one attached hydrogen (secondary N) is 2. The molecule has 5 atom stereocenters. The van der Waals surface area contributed by atoms with Gasteiger partial charge >= 0.3 is 0 Å². The molecule has 7 heteroatoms. The minimum absolute atomic E-state index is 0.00932. The van der Waals surface area contributed by atoms with Crippen molar-refractivity contribution in [3.05, 3.63) is 71.8 Å². The lowest BCUT2D eigenvalue weighted by atomic mass is 9.71. The van der Waals surface area contributed by atoms with E-state index in [9.17, 15) is 14.4 Å². The Bertz CT molecular complexity index is 1010. The van der Waals surface area contributed by atoms with Crippen LogP contribution in [0.1, 0.15) is 24.0 Å². The fourth-order valence-electron chi connectivity index (χ4n) is 5.94. The van der Waals surface area contributed by atoms with E-state index in [0.717, 1.165) is 24.8 Å². The molecule has 0 aromatic heterocycles. The molecular formula is C28H36N4O3. The summed E-state index contributed by atoms with van der Waals surface area (Å²) in [5, 5.41) is 6.37. The van der Waals surface area contributed by atoms with E-state index < -0.39 is 11.8 Å². The second-order valence-corrected chi connectivity index (χ2v) is 9.84. The van der Waals surface area contributed by atoms with Gasteiger partial charge in [-0.25, -0.2) is 0 Å². The van der Waals surface area contributed by atoms with Crippen LogP contribution in [-0.4, -0.2) is 55.3 Å². The number of nitrogens with two attached hydrogens (primary N) is 1. The number of carbonyl (C=O) groups is 3. The molecule has 2 aliphatic heterocycles. The van der Waals surface area contributed by atoms with E-state index in [4.69, 9.17) is 5.73 Å². The molecule has 2 saturated heterocycles. The van der Waals surface area contributed by atoms with Crippen LogP contribution in [0.15, 0.2) is 60.7 Å². The molecule has 4 unspecified atom stereocenters. The van der Waals surface area contributed by atoms with Crippen molar-refractivity contribution in [1.29, 1.82) is 0 Å². The van der Waals surface area contributed by atoms with Crippen molar-refractivity contribution in [2.75, 3.05) is 26.7 Å². The predicted octanol–water partition coefficient (Wildman–Crippen LogP) is 1.76.